The van der Waals surface area contributed by atoms with Crippen LogP contribution in [0.5, 0.6) is 5.75 Å². The fraction of sp³-hybridized carbons (Fsp3) is 0.353. The highest BCUT2D eigenvalue weighted by Gasteiger charge is 2.37. The predicted octanol–water partition coefficient (Wildman–Crippen LogP) is 3.86. The van der Waals surface area contributed by atoms with Gasteiger partial charge < -0.3 is 10.0 Å². The standard InChI is InChI=1S/C17H16BrClN2O4S/c18-11-6-10(15(23)12(19)8-11)7-13-16(24)21(17(25)26-13)9-14(22)20-4-2-1-3-5-20/h6-8,23H,1-5,9H2/b13-7+. The molecule has 2 aliphatic heterocycles. The third kappa shape index (κ3) is 4.07. The lowest BCUT2D eigenvalue weighted by Gasteiger charge is -2.27. The lowest BCUT2D eigenvalue weighted by atomic mass is 10.1. The summed E-state index contributed by atoms with van der Waals surface area (Å²) in [5.74, 6) is -0.937. The van der Waals surface area contributed by atoms with Gasteiger partial charge in [0.2, 0.25) is 5.91 Å². The van der Waals surface area contributed by atoms with Crippen molar-refractivity contribution in [3.8, 4) is 5.75 Å². The topological polar surface area (TPSA) is 77.9 Å². The van der Waals surface area contributed by atoms with Crippen LogP contribution in [0.25, 0.3) is 6.08 Å². The van der Waals surface area contributed by atoms with E-state index in [4.69, 9.17) is 11.6 Å². The van der Waals surface area contributed by atoms with Gasteiger partial charge in [0.1, 0.15) is 12.3 Å². The summed E-state index contributed by atoms with van der Waals surface area (Å²) in [7, 11) is 0. The Kier molecular flexibility index (Phi) is 5.94. The SMILES string of the molecule is O=C(CN1C(=O)S/C(=C/c2cc(Br)cc(Cl)c2O)C1=O)N1CCCCC1. The fourth-order valence-electron chi connectivity index (χ4n) is 2.85. The molecule has 0 atom stereocenters. The highest BCUT2D eigenvalue weighted by Crippen LogP contribution is 2.37. The van der Waals surface area contributed by atoms with Gasteiger partial charge in [-0.2, -0.15) is 0 Å². The van der Waals surface area contributed by atoms with E-state index in [0.29, 0.717) is 23.1 Å². The van der Waals surface area contributed by atoms with E-state index in [-0.39, 0.29) is 28.1 Å². The minimum absolute atomic E-state index is 0.130. The molecule has 0 aliphatic carbocycles. The normalized spacial score (nSPS) is 19.5. The first-order valence-corrected chi connectivity index (χ1v) is 10.1. The van der Waals surface area contributed by atoms with Crippen molar-refractivity contribution in [2.45, 2.75) is 19.3 Å². The van der Waals surface area contributed by atoms with Crippen molar-refractivity contribution >= 4 is 62.4 Å². The Morgan fingerprint density at radius 2 is 1.96 bits per heavy atom. The summed E-state index contributed by atoms with van der Waals surface area (Å²) in [4.78, 5) is 39.8. The molecule has 0 bridgehead atoms. The van der Waals surface area contributed by atoms with Crippen LogP contribution in [0.3, 0.4) is 0 Å². The van der Waals surface area contributed by atoms with Gasteiger partial charge in [0.25, 0.3) is 11.1 Å². The van der Waals surface area contributed by atoms with Crippen LogP contribution < -0.4 is 0 Å². The number of likely N-dealkylation sites (tertiary alicyclic amines) is 1. The Bertz CT molecular complexity index is 808. The van der Waals surface area contributed by atoms with Crippen molar-refractivity contribution in [1.82, 2.24) is 9.80 Å². The van der Waals surface area contributed by atoms with Crippen LogP contribution in [0.15, 0.2) is 21.5 Å². The van der Waals surface area contributed by atoms with E-state index in [1.165, 1.54) is 12.1 Å². The molecule has 9 heteroatoms. The first kappa shape index (κ1) is 19.3. The molecule has 2 saturated heterocycles. The number of hydrogen-bond donors (Lipinski definition) is 1. The summed E-state index contributed by atoms with van der Waals surface area (Å²) in [6.45, 7) is 1.07. The molecular weight excluding hydrogens is 444 g/mol. The van der Waals surface area contributed by atoms with Crippen LogP contribution in [0.1, 0.15) is 24.8 Å². The molecule has 6 nitrogen and oxygen atoms in total. The van der Waals surface area contributed by atoms with Gasteiger partial charge in [0, 0.05) is 23.1 Å². The molecule has 1 aromatic rings. The van der Waals surface area contributed by atoms with E-state index >= 15 is 0 Å². The van der Waals surface area contributed by atoms with E-state index in [9.17, 15) is 19.5 Å². The molecule has 0 unspecified atom stereocenters. The molecule has 26 heavy (non-hydrogen) atoms. The Balaban J connectivity index is 1.77. The number of nitrogens with zero attached hydrogens (tertiary/aromatic N) is 2. The molecule has 0 aromatic heterocycles. The molecule has 1 aromatic carbocycles. The lowest BCUT2D eigenvalue weighted by molar-refractivity contribution is -0.136. The van der Waals surface area contributed by atoms with Gasteiger partial charge in [-0.25, -0.2) is 0 Å². The number of amides is 3. The monoisotopic (exact) mass is 458 g/mol. The quantitative estimate of drug-likeness (QED) is 0.695. The Morgan fingerprint density at radius 1 is 1.27 bits per heavy atom. The van der Waals surface area contributed by atoms with Gasteiger partial charge in [-0.05, 0) is 49.2 Å². The van der Waals surface area contributed by atoms with Crippen molar-refractivity contribution in [1.29, 1.82) is 0 Å². The van der Waals surface area contributed by atoms with Crippen LogP contribution in [0, 0.1) is 0 Å². The minimum Gasteiger partial charge on any atom is -0.506 e. The molecule has 1 N–H and O–H groups in total. The number of rotatable bonds is 3. The van der Waals surface area contributed by atoms with Crippen molar-refractivity contribution in [3.05, 3.63) is 32.1 Å². The van der Waals surface area contributed by atoms with Gasteiger partial charge in [0.15, 0.2) is 0 Å². The smallest absolute Gasteiger partial charge is 0.294 e. The molecule has 3 amide bonds. The zero-order valence-electron chi connectivity index (χ0n) is 13.7. The molecular formula is C17H16BrClN2O4S. The summed E-state index contributed by atoms with van der Waals surface area (Å²) in [5.41, 5.74) is 0.317. The number of halogens is 2. The third-order valence-electron chi connectivity index (χ3n) is 4.22. The summed E-state index contributed by atoms with van der Waals surface area (Å²) in [6.07, 6.45) is 4.38. The fourth-order valence-corrected chi connectivity index (χ4v) is 4.52. The number of thioether (sulfide) groups is 1. The molecule has 2 heterocycles. The number of carbonyl (C=O) groups excluding carboxylic acids is 3. The van der Waals surface area contributed by atoms with Gasteiger partial charge in [-0.15, -0.1) is 0 Å². The molecule has 0 radical (unpaired) electrons. The second-order valence-electron chi connectivity index (χ2n) is 6.03. The number of phenols is 1. The van der Waals surface area contributed by atoms with E-state index in [2.05, 4.69) is 15.9 Å². The first-order valence-electron chi connectivity index (χ1n) is 8.08. The molecule has 3 rings (SSSR count). The number of imide groups is 1. The van der Waals surface area contributed by atoms with Crippen LogP contribution in [-0.2, 0) is 9.59 Å². The number of benzene rings is 1. The number of carbonyl (C=O) groups is 3. The number of aromatic hydroxyl groups is 1. The molecule has 2 aliphatic rings. The Labute approximate surface area is 168 Å². The van der Waals surface area contributed by atoms with Crippen molar-refractivity contribution in [3.63, 3.8) is 0 Å². The molecule has 0 spiro atoms. The minimum atomic E-state index is -0.541. The van der Waals surface area contributed by atoms with E-state index in [1.54, 1.807) is 11.0 Å². The average Bonchev–Trinajstić information content (AvgIpc) is 2.87. The zero-order valence-corrected chi connectivity index (χ0v) is 16.9. The Hall–Kier alpha value is -1.51. The number of hydrogen-bond acceptors (Lipinski definition) is 5. The molecule has 138 valence electrons. The van der Waals surface area contributed by atoms with Crippen LogP contribution in [0.2, 0.25) is 5.02 Å². The predicted molar refractivity (Wildman–Crippen MR) is 104 cm³/mol. The second-order valence-corrected chi connectivity index (χ2v) is 8.35. The lowest BCUT2D eigenvalue weighted by Crippen LogP contribution is -2.44. The van der Waals surface area contributed by atoms with Gasteiger partial charge in [-0.3, -0.25) is 19.3 Å². The molecule has 0 saturated carbocycles. The maximum Gasteiger partial charge on any atom is 0.294 e. The summed E-state index contributed by atoms with van der Waals surface area (Å²) in [5, 5.41) is 9.68. The highest BCUT2D eigenvalue weighted by molar-refractivity contribution is 9.10. The third-order valence-corrected chi connectivity index (χ3v) is 5.87. The Morgan fingerprint density at radius 3 is 2.65 bits per heavy atom. The second kappa shape index (κ2) is 8.02. The van der Waals surface area contributed by atoms with Crippen LogP contribution in [-0.4, -0.2) is 51.6 Å². The van der Waals surface area contributed by atoms with Gasteiger partial charge in [-0.1, -0.05) is 27.5 Å². The van der Waals surface area contributed by atoms with Gasteiger partial charge in [0.05, 0.1) is 9.93 Å². The van der Waals surface area contributed by atoms with Crippen LogP contribution >= 0.6 is 39.3 Å². The van der Waals surface area contributed by atoms with Crippen molar-refractivity contribution in [2.24, 2.45) is 0 Å². The summed E-state index contributed by atoms with van der Waals surface area (Å²) in [6, 6.07) is 3.12. The van der Waals surface area contributed by atoms with Crippen LogP contribution in [0.4, 0.5) is 4.79 Å². The molecule has 2 fully saturated rings. The van der Waals surface area contributed by atoms with Gasteiger partial charge >= 0.3 is 0 Å². The number of phenolic OH excluding ortho intramolecular Hbond substituents is 1. The van der Waals surface area contributed by atoms with E-state index in [0.717, 1.165) is 35.9 Å². The maximum absolute atomic E-state index is 12.5. The van der Waals surface area contributed by atoms with Crippen molar-refractivity contribution in [2.75, 3.05) is 19.6 Å². The largest absolute Gasteiger partial charge is 0.506 e. The van der Waals surface area contributed by atoms with E-state index in [1.807, 2.05) is 0 Å². The van der Waals surface area contributed by atoms with Crippen molar-refractivity contribution < 1.29 is 19.5 Å². The average molecular weight is 460 g/mol. The first-order chi connectivity index (χ1) is 12.4. The highest BCUT2D eigenvalue weighted by atomic mass is 79.9. The maximum atomic E-state index is 12.5. The zero-order chi connectivity index (χ0) is 18.8. The number of piperidine rings is 1. The summed E-state index contributed by atoms with van der Waals surface area (Å²) >= 11 is 9.94. The van der Waals surface area contributed by atoms with E-state index < -0.39 is 11.1 Å². The summed E-state index contributed by atoms with van der Waals surface area (Å²) < 4.78 is 0.631.